The zero-order valence-electron chi connectivity index (χ0n) is 19.3. The topological polar surface area (TPSA) is 146 Å². The highest BCUT2D eigenvalue weighted by molar-refractivity contribution is 6.08. The number of urea groups is 1. The van der Waals surface area contributed by atoms with Crippen molar-refractivity contribution in [1.82, 2.24) is 16.1 Å². The van der Waals surface area contributed by atoms with Gasteiger partial charge in [-0.05, 0) is 36.8 Å². The van der Waals surface area contributed by atoms with Crippen molar-refractivity contribution in [2.24, 2.45) is 16.8 Å². The van der Waals surface area contributed by atoms with Gasteiger partial charge in [0.2, 0.25) is 17.7 Å². The van der Waals surface area contributed by atoms with Crippen LogP contribution < -0.4 is 26.7 Å². The van der Waals surface area contributed by atoms with Gasteiger partial charge in [-0.15, -0.1) is 0 Å². The van der Waals surface area contributed by atoms with Crippen molar-refractivity contribution in [3.05, 3.63) is 29.3 Å². The van der Waals surface area contributed by atoms with E-state index in [-0.39, 0.29) is 23.6 Å². The number of hydrogen-bond donors (Lipinski definition) is 4. The summed E-state index contributed by atoms with van der Waals surface area (Å²) in [5.41, 5.74) is 9.83. The van der Waals surface area contributed by atoms with Crippen molar-refractivity contribution in [2.75, 3.05) is 4.90 Å². The number of nitrogens with zero attached hydrogens (tertiary/aromatic N) is 2. The standard InChI is InChI=1S/C23H32N6O4/c1-4-13(3)20(30)27-17-10-9-14-7-6-8-15-11-18(29(19(14)15)22(17)32)21(31)26-16(5-2)12-25-28-23(24)33/h6-8,12-13,16-18H,4-5,9-11H2,1-3H3,(H,26,31)(H,27,30)(H3,24,28,33)/b25-12-/t13-,16-,17-,18-/m0/s1. The van der Waals surface area contributed by atoms with E-state index in [4.69, 9.17) is 5.73 Å². The Kier molecular flexibility index (Phi) is 7.67. The number of primary amides is 1. The van der Waals surface area contributed by atoms with E-state index in [0.717, 1.165) is 16.8 Å². The van der Waals surface area contributed by atoms with Crippen molar-refractivity contribution < 1.29 is 19.2 Å². The maximum absolute atomic E-state index is 13.6. The minimum absolute atomic E-state index is 0.161. The van der Waals surface area contributed by atoms with E-state index >= 15 is 0 Å². The number of nitrogens with one attached hydrogen (secondary N) is 3. The summed E-state index contributed by atoms with van der Waals surface area (Å²) >= 11 is 0. The van der Waals surface area contributed by atoms with Crippen LogP contribution in [0, 0.1) is 5.92 Å². The molecule has 10 nitrogen and oxygen atoms in total. The monoisotopic (exact) mass is 456 g/mol. The first-order chi connectivity index (χ1) is 15.8. The lowest BCUT2D eigenvalue weighted by atomic mass is 10.0. The van der Waals surface area contributed by atoms with Gasteiger partial charge < -0.3 is 16.4 Å². The highest BCUT2D eigenvalue weighted by Crippen LogP contribution is 2.39. The van der Waals surface area contributed by atoms with Crippen LogP contribution >= 0.6 is 0 Å². The summed E-state index contributed by atoms with van der Waals surface area (Å²) in [6.07, 6.45) is 4.10. The molecule has 0 saturated carbocycles. The van der Waals surface area contributed by atoms with Crippen molar-refractivity contribution in [3.63, 3.8) is 0 Å². The molecule has 0 aromatic heterocycles. The van der Waals surface area contributed by atoms with Crippen LogP contribution in [-0.2, 0) is 27.2 Å². The number of hydrazone groups is 1. The molecule has 1 aromatic carbocycles. The van der Waals surface area contributed by atoms with Gasteiger partial charge in [0.05, 0.1) is 11.7 Å². The molecule has 0 aliphatic carbocycles. The summed E-state index contributed by atoms with van der Waals surface area (Å²) in [6, 6.07) is 3.16. The quantitative estimate of drug-likeness (QED) is 0.341. The van der Waals surface area contributed by atoms with E-state index in [1.165, 1.54) is 6.21 Å². The summed E-state index contributed by atoms with van der Waals surface area (Å²) in [7, 11) is 0. The minimum Gasteiger partial charge on any atom is -0.350 e. The molecule has 3 rings (SSSR count). The molecule has 5 N–H and O–H groups in total. The molecule has 0 spiro atoms. The zero-order chi connectivity index (χ0) is 24.1. The van der Waals surface area contributed by atoms with Gasteiger partial charge in [0.15, 0.2) is 0 Å². The Morgan fingerprint density at radius 1 is 1.24 bits per heavy atom. The Morgan fingerprint density at radius 2 is 1.97 bits per heavy atom. The molecule has 0 fully saturated rings. The Bertz CT molecular complexity index is 962. The van der Waals surface area contributed by atoms with Crippen LogP contribution in [-0.4, -0.2) is 48.1 Å². The molecule has 2 heterocycles. The number of carbonyl (C=O) groups is 4. The van der Waals surface area contributed by atoms with Gasteiger partial charge in [-0.25, -0.2) is 10.2 Å². The first-order valence-electron chi connectivity index (χ1n) is 11.4. The fraction of sp³-hybridized carbons (Fsp3) is 0.522. The van der Waals surface area contributed by atoms with E-state index in [0.29, 0.717) is 32.1 Å². The number of anilines is 1. The van der Waals surface area contributed by atoms with Gasteiger partial charge in [0.1, 0.15) is 12.1 Å². The molecule has 4 atom stereocenters. The molecule has 2 aliphatic heterocycles. The van der Waals surface area contributed by atoms with Crippen LogP contribution in [0.4, 0.5) is 10.5 Å². The fourth-order valence-corrected chi connectivity index (χ4v) is 4.19. The van der Waals surface area contributed by atoms with E-state index < -0.39 is 24.2 Å². The number of nitrogens with two attached hydrogens (primary N) is 1. The van der Waals surface area contributed by atoms with Gasteiger partial charge in [-0.1, -0.05) is 39.0 Å². The van der Waals surface area contributed by atoms with E-state index in [1.54, 1.807) is 4.90 Å². The van der Waals surface area contributed by atoms with Crippen LogP contribution in [0.3, 0.4) is 0 Å². The van der Waals surface area contributed by atoms with Gasteiger partial charge >= 0.3 is 6.03 Å². The first kappa shape index (κ1) is 24.2. The number of amides is 5. The molecular formula is C23H32N6O4. The molecule has 33 heavy (non-hydrogen) atoms. The molecular weight excluding hydrogens is 424 g/mol. The molecule has 0 saturated heterocycles. The Balaban J connectivity index is 1.84. The van der Waals surface area contributed by atoms with Gasteiger partial charge in [0.25, 0.3) is 0 Å². The molecule has 10 heteroatoms. The van der Waals surface area contributed by atoms with E-state index in [9.17, 15) is 19.2 Å². The molecule has 178 valence electrons. The van der Waals surface area contributed by atoms with Crippen molar-refractivity contribution >= 4 is 35.7 Å². The minimum atomic E-state index is -0.799. The number of hydrogen-bond acceptors (Lipinski definition) is 5. The Morgan fingerprint density at radius 3 is 2.64 bits per heavy atom. The molecule has 0 bridgehead atoms. The second kappa shape index (κ2) is 10.5. The third-order valence-electron chi connectivity index (χ3n) is 6.28. The van der Waals surface area contributed by atoms with Gasteiger partial charge in [0, 0.05) is 18.6 Å². The maximum atomic E-state index is 13.6. The predicted octanol–water partition coefficient (Wildman–Crippen LogP) is 0.970. The smallest absolute Gasteiger partial charge is 0.332 e. The van der Waals surface area contributed by atoms with Crippen LogP contribution in [0.2, 0.25) is 0 Å². The lowest BCUT2D eigenvalue weighted by Gasteiger charge is -2.29. The number of carbonyl (C=O) groups excluding carboxylic acids is 4. The van der Waals surface area contributed by atoms with Crippen LogP contribution in [0.5, 0.6) is 0 Å². The molecule has 0 radical (unpaired) electrons. The number of rotatable bonds is 8. The SMILES string of the molecule is CC[C@@H](/C=N\NC(N)=O)NC(=O)[C@@H]1Cc2cccc3c2N1C(=O)[C@@H](NC(=O)[C@@H](C)CC)CC3. The van der Waals surface area contributed by atoms with Crippen molar-refractivity contribution in [3.8, 4) is 0 Å². The largest absolute Gasteiger partial charge is 0.350 e. The van der Waals surface area contributed by atoms with Crippen molar-refractivity contribution in [2.45, 2.75) is 71.0 Å². The lowest BCUT2D eigenvalue weighted by molar-refractivity contribution is -0.131. The highest BCUT2D eigenvalue weighted by atomic mass is 16.2. The third-order valence-corrected chi connectivity index (χ3v) is 6.28. The summed E-state index contributed by atoms with van der Waals surface area (Å²) < 4.78 is 0. The number of benzene rings is 1. The Labute approximate surface area is 193 Å². The van der Waals surface area contributed by atoms with E-state index in [2.05, 4.69) is 21.2 Å². The predicted molar refractivity (Wildman–Crippen MR) is 125 cm³/mol. The van der Waals surface area contributed by atoms with Crippen LogP contribution in [0.1, 0.15) is 51.2 Å². The second-order valence-electron chi connectivity index (χ2n) is 8.54. The van der Waals surface area contributed by atoms with Crippen molar-refractivity contribution in [1.29, 1.82) is 0 Å². The van der Waals surface area contributed by atoms with Crippen LogP contribution in [0.15, 0.2) is 23.3 Å². The molecule has 2 aliphatic rings. The summed E-state index contributed by atoms with van der Waals surface area (Å²) in [4.78, 5) is 51.7. The Hall–Kier alpha value is -3.43. The summed E-state index contributed by atoms with van der Waals surface area (Å²) in [5.74, 6) is -0.953. The molecule has 0 unspecified atom stereocenters. The average Bonchev–Trinajstić information content (AvgIpc) is 3.13. The molecule has 1 aromatic rings. The lowest BCUT2D eigenvalue weighted by Crippen LogP contribution is -2.56. The second-order valence-corrected chi connectivity index (χ2v) is 8.54. The molecule has 5 amide bonds. The summed E-state index contributed by atoms with van der Waals surface area (Å²) in [6.45, 7) is 5.61. The summed E-state index contributed by atoms with van der Waals surface area (Å²) in [5, 5.41) is 9.52. The zero-order valence-corrected chi connectivity index (χ0v) is 19.3. The van der Waals surface area contributed by atoms with Gasteiger partial charge in [-0.2, -0.15) is 5.10 Å². The third kappa shape index (κ3) is 5.32. The number of para-hydroxylation sites is 1. The van der Waals surface area contributed by atoms with E-state index in [1.807, 2.05) is 39.0 Å². The van der Waals surface area contributed by atoms with Crippen LogP contribution in [0.25, 0.3) is 0 Å². The first-order valence-corrected chi connectivity index (χ1v) is 11.4. The number of aryl methyl sites for hydroxylation is 1. The maximum Gasteiger partial charge on any atom is 0.332 e. The average molecular weight is 457 g/mol. The van der Waals surface area contributed by atoms with Gasteiger partial charge in [-0.3, -0.25) is 19.3 Å². The fourth-order valence-electron chi connectivity index (χ4n) is 4.19. The normalized spacial score (nSPS) is 21.2. The highest BCUT2D eigenvalue weighted by Gasteiger charge is 2.44.